The van der Waals surface area contributed by atoms with Gasteiger partial charge in [0.1, 0.15) is 5.75 Å². The van der Waals surface area contributed by atoms with Crippen LogP contribution in [0.15, 0.2) is 42.5 Å². The molecule has 0 aliphatic rings. The Kier molecular flexibility index (Phi) is 7.47. The molecule has 0 radical (unpaired) electrons. The largest absolute Gasteiger partial charge is 0.497 e. The van der Waals surface area contributed by atoms with Gasteiger partial charge in [-0.3, -0.25) is 9.59 Å². The Morgan fingerprint density at radius 3 is 2.59 bits per heavy atom. The topological polar surface area (TPSA) is 71.9 Å². The maximum Gasteiger partial charge on any atom is 0.282 e. The molecule has 0 fully saturated rings. The van der Waals surface area contributed by atoms with Crippen molar-refractivity contribution in [3.63, 3.8) is 0 Å². The molecule has 144 valence electrons. The van der Waals surface area contributed by atoms with Gasteiger partial charge in [0, 0.05) is 16.8 Å². The molecule has 0 aliphatic heterocycles. The average molecular weight is 411 g/mol. The van der Waals surface area contributed by atoms with Gasteiger partial charge in [-0.05, 0) is 37.3 Å². The smallest absolute Gasteiger partial charge is 0.282 e. The summed E-state index contributed by atoms with van der Waals surface area (Å²) in [6.07, 6.45) is 0. The molecule has 8 heteroatoms. The second-order valence-electron chi connectivity index (χ2n) is 6.14. The van der Waals surface area contributed by atoms with E-state index in [1.54, 1.807) is 63.5 Å². The molecule has 0 aromatic heterocycles. The Hall–Kier alpha value is -2.28. The number of methoxy groups -OCH3 is 1. The predicted octanol–water partition coefficient (Wildman–Crippen LogP) is 2.48. The quantitative estimate of drug-likeness (QED) is 0.656. The van der Waals surface area contributed by atoms with Crippen molar-refractivity contribution in [1.82, 2.24) is 0 Å². The Labute approximate surface area is 168 Å². The normalized spacial score (nSPS) is 12.8. The van der Waals surface area contributed by atoms with Crippen LogP contribution in [0.25, 0.3) is 0 Å². The van der Waals surface area contributed by atoms with E-state index in [1.165, 1.54) is 0 Å². The van der Waals surface area contributed by atoms with E-state index in [9.17, 15) is 9.59 Å². The molecular weight excluding hydrogens is 389 g/mol. The molecule has 0 spiro atoms. The zero-order valence-corrected chi connectivity index (χ0v) is 16.8. The monoisotopic (exact) mass is 410 g/mol. The summed E-state index contributed by atoms with van der Waals surface area (Å²) in [5, 5.41) is 6.41. The highest BCUT2D eigenvalue weighted by Crippen LogP contribution is 2.25. The molecule has 0 bridgehead atoms. The Balaban J connectivity index is 1.93. The molecule has 0 saturated heterocycles. The van der Waals surface area contributed by atoms with Crippen molar-refractivity contribution in [3.8, 4) is 5.75 Å². The maximum atomic E-state index is 12.5. The molecule has 3 N–H and O–H groups in total. The molecule has 0 aliphatic carbocycles. The number of anilines is 2. The SMILES string of the molecule is COc1cccc(NC(=O)C[NH+](C)[C@@H](C)C(=O)Nc2cc(Cl)ccc2Cl)c1. The van der Waals surface area contributed by atoms with Crippen LogP contribution >= 0.6 is 23.2 Å². The van der Waals surface area contributed by atoms with Crippen LogP contribution in [0, 0.1) is 0 Å². The number of carbonyl (C=O) groups is 2. The van der Waals surface area contributed by atoms with Gasteiger partial charge in [-0.2, -0.15) is 0 Å². The van der Waals surface area contributed by atoms with Gasteiger partial charge in [0.05, 0.1) is 24.9 Å². The van der Waals surface area contributed by atoms with Crippen LogP contribution in [0.4, 0.5) is 11.4 Å². The summed E-state index contributed by atoms with van der Waals surface area (Å²) in [5.41, 5.74) is 1.07. The van der Waals surface area contributed by atoms with Crippen LogP contribution in [0.1, 0.15) is 6.92 Å². The van der Waals surface area contributed by atoms with Crippen LogP contribution in [0.5, 0.6) is 5.75 Å². The highest BCUT2D eigenvalue weighted by molar-refractivity contribution is 6.35. The molecule has 0 heterocycles. The first-order valence-electron chi connectivity index (χ1n) is 8.32. The van der Waals surface area contributed by atoms with Crippen LogP contribution in [0.2, 0.25) is 10.0 Å². The lowest BCUT2D eigenvalue weighted by Gasteiger charge is -2.21. The average Bonchev–Trinajstić information content (AvgIpc) is 2.63. The molecule has 2 rings (SSSR count). The van der Waals surface area contributed by atoms with Crippen molar-refractivity contribution in [2.45, 2.75) is 13.0 Å². The number of halogens is 2. The van der Waals surface area contributed by atoms with Crippen molar-refractivity contribution < 1.29 is 19.2 Å². The molecule has 6 nitrogen and oxygen atoms in total. The van der Waals surface area contributed by atoms with Gasteiger partial charge in [-0.1, -0.05) is 29.3 Å². The Bertz CT molecular complexity index is 830. The van der Waals surface area contributed by atoms with Crippen molar-refractivity contribution in [2.24, 2.45) is 0 Å². The van der Waals surface area contributed by atoms with Crippen molar-refractivity contribution >= 4 is 46.4 Å². The number of nitrogens with one attached hydrogen (secondary N) is 3. The maximum absolute atomic E-state index is 12.5. The van der Waals surface area contributed by atoms with Gasteiger partial charge in [0.15, 0.2) is 12.6 Å². The zero-order valence-electron chi connectivity index (χ0n) is 15.3. The number of carbonyl (C=O) groups excluding carboxylic acids is 2. The third-order valence-corrected chi connectivity index (χ3v) is 4.68. The molecule has 2 aromatic rings. The van der Waals surface area contributed by atoms with Gasteiger partial charge in [0.25, 0.3) is 11.8 Å². The number of hydrogen-bond donors (Lipinski definition) is 3. The number of quaternary nitrogens is 1. The molecule has 2 atom stereocenters. The van der Waals surface area contributed by atoms with E-state index < -0.39 is 6.04 Å². The summed E-state index contributed by atoms with van der Waals surface area (Å²) in [6, 6.07) is 11.4. The minimum absolute atomic E-state index is 0.120. The summed E-state index contributed by atoms with van der Waals surface area (Å²) in [5.74, 6) is 0.187. The third kappa shape index (κ3) is 6.13. The van der Waals surface area contributed by atoms with Gasteiger partial charge < -0.3 is 20.3 Å². The van der Waals surface area contributed by atoms with Crippen LogP contribution in [-0.4, -0.2) is 38.6 Å². The fraction of sp³-hybridized carbons (Fsp3) is 0.263. The van der Waals surface area contributed by atoms with Crippen LogP contribution in [0.3, 0.4) is 0 Å². The first-order chi connectivity index (χ1) is 12.8. The van der Waals surface area contributed by atoms with Gasteiger partial charge in [0.2, 0.25) is 0 Å². The highest BCUT2D eigenvalue weighted by Gasteiger charge is 2.24. The van der Waals surface area contributed by atoms with E-state index in [2.05, 4.69) is 10.6 Å². The molecule has 2 aromatic carbocycles. The van der Waals surface area contributed by atoms with Crippen molar-refractivity contribution in [3.05, 3.63) is 52.5 Å². The number of rotatable bonds is 7. The number of hydrogen-bond acceptors (Lipinski definition) is 3. The van der Waals surface area contributed by atoms with Gasteiger partial charge in [-0.15, -0.1) is 0 Å². The standard InChI is InChI=1S/C19H21Cl2N3O3/c1-12(19(26)23-17-9-13(20)7-8-16(17)21)24(2)11-18(25)22-14-5-4-6-15(10-14)27-3/h4-10,12H,11H2,1-3H3,(H,22,25)(H,23,26)/p+1/t12-/m0/s1. The van der Waals surface area contributed by atoms with Crippen LogP contribution in [-0.2, 0) is 9.59 Å². The summed E-state index contributed by atoms with van der Waals surface area (Å²) in [6.45, 7) is 1.86. The zero-order chi connectivity index (χ0) is 20.0. The summed E-state index contributed by atoms with van der Waals surface area (Å²) in [4.78, 5) is 25.5. The predicted molar refractivity (Wildman–Crippen MR) is 108 cm³/mol. The van der Waals surface area contributed by atoms with E-state index in [4.69, 9.17) is 27.9 Å². The van der Waals surface area contributed by atoms with E-state index in [1.807, 2.05) is 0 Å². The van der Waals surface area contributed by atoms with E-state index in [0.29, 0.717) is 27.2 Å². The second kappa shape index (κ2) is 9.60. The molecule has 0 saturated carbocycles. The Morgan fingerprint density at radius 1 is 1.15 bits per heavy atom. The third-order valence-electron chi connectivity index (χ3n) is 4.11. The lowest BCUT2D eigenvalue weighted by atomic mass is 10.2. The van der Waals surface area contributed by atoms with E-state index in [0.717, 1.165) is 4.90 Å². The summed E-state index contributed by atoms with van der Waals surface area (Å²) >= 11 is 12.0. The number of benzene rings is 2. The molecule has 2 amide bonds. The second-order valence-corrected chi connectivity index (χ2v) is 6.98. The molecular formula is C19H22Cl2N3O3+. The van der Waals surface area contributed by atoms with Crippen LogP contribution < -0.4 is 20.3 Å². The van der Waals surface area contributed by atoms with Gasteiger partial charge in [-0.25, -0.2) is 0 Å². The lowest BCUT2D eigenvalue weighted by molar-refractivity contribution is -0.885. The minimum Gasteiger partial charge on any atom is -0.497 e. The summed E-state index contributed by atoms with van der Waals surface area (Å²) in [7, 11) is 3.33. The van der Waals surface area contributed by atoms with Crippen molar-refractivity contribution in [2.75, 3.05) is 31.3 Å². The molecule has 1 unspecified atom stereocenters. The Morgan fingerprint density at radius 2 is 1.89 bits per heavy atom. The van der Waals surface area contributed by atoms with E-state index in [-0.39, 0.29) is 18.4 Å². The fourth-order valence-corrected chi connectivity index (χ4v) is 2.71. The molecule has 27 heavy (non-hydrogen) atoms. The van der Waals surface area contributed by atoms with E-state index >= 15 is 0 Å². The highest BCUT2D eigenvalue weighted by atomic mass is 35.5. The first kappa shape index (κ1) is 21.0. The fourth-order valence-electron chi connectivity index (χ4n) is 2.37. The number of amides is 2. The lowest BCUT2D eigenvalue weighted by Crippen LogP contribution is -3.14. The number of ether oxygens (including phenoxy) is 1. The minimum atomic E-state index is -0.476. The number of likely N-dealkylation sites (N-methyl/N-ethyl adjacent to an activating group) is 1. The van der Waals surface area contributed by atoms with Gasteiger partial charge >= 0.3 is 0 Å². The van der Waals surface area contributed by atoms with Crippen molar-refractivity contribution in [1.29, 1.82) is 0 Å². The first-order valence-corrected chi connectivity index (χ1v) is 9.08. The summed E-state index contributed by atoms with van der Waals surface area (Å²) < 4.78 is 5.13.